The molecule has 6 heteroatoms. The number of esters is 3. The van der Waals surface area contributed by atoms with Crippen molar-refractivity contribution in [3.05, 3.63) is 0 Å². The summed E-state index contributed by atoms with van der Waals surface area (Å²) < 4.78 is 16.8. The molecule has 0 heterocycles. The van der Waals surface area contributed by atoms with Gasteiger partial charge in [-0.3, -0.25) is 14.4 Å². The summed E-state index contributed by atoms with van der Waals surface area (Å²) in [7, 11) is 0. The molecule has 0 aliphatic carbocycles. The van der Waals surface area contributed by atoms with Crippen molar-refractivity contribution in [1.29, 1.82) is 0 Å². The van der Waals surface area contributed by atoms with Crippen LogP contribution in [0, 0.1) is 17.8 Å². The largest absolute Gasteiger partial charge is 0.462 e. The maximum absolute atomic E-state index is 12.8. The highest BCUT2D eigenvalue weighted by atomic mass is 16.6. The number of hydrogen-bond donors (Lipinski definition) is 0. The summed E-state index contributed by atoms with van der Waals surface area (Å²) in [6.45, 7) is 13.7. The van der Waals surface area contributed by atoms with Gasteiger partial charge >= 0.3 is 17.9 Å². The smallest absolute Gasteiger partial charge is 0.306 e. The third-order valence-electron chi connectivity index (χ3n) is 11.4. The van der Waals surface area contributed by atoms with E-state index >= 15 is 0 Å². The quantitative estimate of drug-likeness (QED) is 0.0347. The van der Waals surface area contributed by atoms with E-state index in [1.807, 2.05) is 0 Å². The molecular weight excluding hydrogens is 709 g/mol. The Morgan fingerprint density at radius 2 is 0.509 bits per heavy atom. The van der Waals surface area contributed by atoms with Crippen molar-refractivity contribution in [1.82, 2.24) is 0 Å². The van der Waals surface area contributed by atoms with E-state index in [-0.39, 0.29) is 31.1 Å². The molecule has 0 saturated carbocycles. The Morgan fingerprint density at radius 1 is 0.298 bits per heavy atom. The zero-order valence-corrected chi connectivity index (χ0v) is 39.1. The Labute approximate surface area is 355 Å². The molecule has 0 saturated heterocycles. The summed E-state index contributed by atoms with van der Waals surface area (Å²) in [4.78, 5) is 37.9. The highest BCUT2D eigenvalue weighted by Crippen LogP contribution is 2.17. The Kier molecular flexibility index (Phi) is 41.3. The number of rotatable bonds is 44. The number of ether oxygens (including phenoxy) is 3. The summed E-state index contributed by atoms with van der Waals surface area (Å²) in [5.41, 5.74) is 0. The number of carbonyl (C=O) groups is 3. The maximum atomic E-state index is 12.8. The van der Waals surface area contributed by atoms with Gasteiger partial charge in [-0.05, 0) is 37.0 Å². The molecule has 0 aromatic heterocycles. The topological polar surface area (TPSA) is 78.9 Å². The highest BCUT2D eigenvalue weighted by molar-refractivity contribution is 5.71. The lowest BCUT2D eigenvalue weighted by Gasteiger charge is -2.18. The van der Waals surface area contributed by atoms with Crippen molar-refractivity contribution in [3.63, 3.8) is 0 Å². The molecule has 0 aromatic rings. The van der Waals surface area contributed by atoms with Crippen LogP contribution in [0.15, 0.2) is 0 Å². The predicted octanol–water partition coefficient (Wildman–Crippen LogP) is 16.0. The van der Waals surface area contributed by atoms with Crippen molar-refractivity contribution < 1.29 is 28.6 Å². The fraction of sp³-hybridized carbons (Fsp3) is 0.941. The van der Waals surface area contributed by atoms with Gasteiger partial charge in [-0.15, -0.1) is 0 Å². The second kappa shape index (κ2) is 42.5. The minimum absolute atomic E-state index is 0.0652. The molecule has 1 atom stereocenters. The minimum atomic E-state index is -0.762. The van der Waals surface area contributed by atoms with E-state index in [1.54, 1.807) is 0 Å². The van der Waals surface area contributed by atoms with Gasteiger partial charge in [-0.25, -0.2) is 0 Å². The second-order valence-electron chi connectivity index (χ2n) is 18.9. The first kappa shape index (κ1) is 55.4. The van der Waals surface area contributed by atoms with Gasteiger partial charge < -0.3 is 14.2 Å². The number of unbranched alkanes of at least 4 members (excludes halogenated alkanes) is 27. The van der Waals surface area contributed by atoms with Crippen LogP contribution in [0.3, 0.4) is 0 Å². The molecule has 0 amide bonds. The first-order chi connectivity index (χ1) is 27.6. The van der Waals surface area contributed by atoms with Crippen LogP contribution in [0.4, 0.5) is 0 Å². The summed E-state index contributed by atoms with van der Waals surface area (Å²) in [6, 6.07) is 0. The molecule has 0 fully saturated rings. The highest BCUT2D eigenvalue weighted by Gasteiger charge is 2.19. The lowest BCUT2D eigenvalue weighted by atomic mass is 10.0. The summed E-state index contributed by atoms with van der Waals surface area (Å²) in [5.74, 6) is 1.60. The van der Waals surface area contributed by atoms with Gasteiger partial charge in [-0.2, -0.15) is 0 Å². The van der Waals surface area contributed by atoms with E-state index in [0.717, 1.165) is 75.5 Å². The molecule has 0 unspecified atom stereocenters. The van der Waals surface area contributed by atoms with Crippen molar-refractivity contribution in [2.45, 2.75) is 279 Å². The lowest BCUT2D eigenvalue weighted by Crippen LogP contribution is -2.30. The van der Waals surface area contributed by atoms with Crippen LogP contribution in [-0.2, 0) is 28.6 Å². The van der Waals surface area contributed by atoms with Crippen molar-refractivity contribution in [3.8, 4) is 0 Å². The molecule has 57 heavy (non-hydrogen) atoms. The average Bonchev–Trinajstić information content (AvgIpc) is 3.16. The predicted molar refractivity (Wildman–Crippen MR) is 243 cm³/mol. The third-order valence-corrected chi connectivity index (χ3v) is 11.4. The van der Waals surface area contributed by atoms with Crippen LogP contribution in [0.1, 0.15) is 273 Å². The van der Waals surface area contributed by atoms with Gasteiger partial charge in [0.15, 0.2) is 6.10 Å². The van der Waals surface area contributed by atoms with E-state index in [4.69, 9.17) is 14.2 Å². The van der Waals surface area contributed by atoms with Crippen molar-refractivity contribution in [2.24, 2.45) is 17.8 Å². The second-order valence-corrected chi connectivity index (χ2v) is 18.9. The molecule has 0 spiro atoms. The van der Waals surface area contributed by atoms with Gasteiger partial charge in [0, 0.05) is 19.3 Å². The van der Waals surface area contributed by atoms with Crippen LogP contribution in [0.25, 0.3) is 0 Å². The Morgan fingerprint density at radius 3 is 0.754 bits per heavy atom. The van der Waals surface area contributed by atoms with Crippen LogP contribution >= 0.6 is 0 Å². The molecule has 338 valence electrons. The SMILES string of the molecule is CC(C)CCCCCCCCCCCCCC(=O)OC[C@@H](COC(=O)CCCCCCCCCCCC(C)C)OC(=O)CCCCCCCCCCCCC(C)C. The minimum Gasteiger partial charge on any atom is -0.462 e. The van der Waals surface area contributed by atoms with Crippen LogP contribution in [0.2, 0.25) is 0 Å². The fourth-order valence-corrected chi connectivity index (χ4v) is 7.59. The lowest BCUT2D eigenvalue weighted by molar-refractivity contribution is -0.167. The van der Waals surface area contributed by atoms with E-state index in [0.29, 0.717) is 19.3 Å². The van der Waals surface area contributed by atoms with Gasteiger partial charge in [0.05, 0.1) is 0 Å². The van der Waals surface area contributed by atoms with Gasteiger partial charge in [0.1, 0.15) is 13.2 Å². The van der Waals surface area contributed by atoms with Crippen LogP contribution < -0.4 is 0 Å². The molecule has 0 aliphatic rings. The number of carbonyl (C=O) groups excluding carboxylic acids is 3. The maximum Gasteiger partial charge on any atom is 0.306 e. The molecule has 0 aliphatic heterocycles. The Balaban J connectivity index is 4.33. The first-order valence-corrected chi connectivity index (χ1v) is 25.1. The standard InChI is InChI=1S/C51H98O6/c1-45(2)37-31-25-19-13-8-7-9-16-22-28-34-40-49(52)55-43-48(44-56-50(53)41-35-29-23-18-12-15-21-27-33-39-47(5)6)57-51(54)42-36-30-24-17-11-10-14-20-26-32-38-46(3)4/h45-48H,7-44H2,1-6H3/t48-/m0/s1. The Bertz CT molecular complexity index is 883. The van der Waals surface area contributed by atoms with E-state index in [9.17, 15) is 14.4 Å². The molecule has 0 N–H and O–H groups in total. The zero-order valence-electron chi connectivity index (χ0n) is 39.1. The molecular formula is C51H98O6. The van der Waals surface area contributed by atoms with E-state index in [2.05, 4.69) is 41.5 Å². The molecule has 0 rings (SSSR count). The average molecular weight is 807 g/mol. The molecule has 0 aromatic carbocycles. The van der Waals surface area contributed by atoms with E-state index < -0.39 is 6.10 Å². The normalized spacial score (nSPS) is 12.2. The third kappa shape index (κ3) is 45.3. The summed E-state index contributed by atoms with van der Waals surface area (Å²) in [6.07, 6.45) is 40.9. The summed E-state index contributed by atoms with van der Waals surface area (Å²) >= 11 is 0. The van der Waals surface area contributed by atoms with Gasteiger partial charge in [0.25, 0.3) is 0 Å². The van der Waals surface area contributed by atoms with Crippen LogP contribution in [0.5, 0.6) is 0 Å². The van der Waals surface area contributed by atoms with Crippen molar-refractivity contribution in [2.75, 3.05) is 13.2 Å². The number of hydrogen-bond acceptors (Lipinski definition) is 6. The molecule has 0 bridgehead atoms. The van der Waals surface area contributed by atoms with E-state index in [1.165, 1.54) is 154 Å². The zero-order chi connectivity index (χ0) is 42.0. The molecule has 6 nitrogen and oxygen atoms in total. The van der Waals surface area contributed by atoms with Crippen molar-refractivity contribution >= 4 is 17.9 Å². The van der Waals surface area contributed by atoms with Gasteiger partial charge in [-0.1, -0.05) is 234 Å². The first-order valence-electron chi connectivity index (χ1n) is 25.1. The van der Waals surface area contributed by atoms with Gasteiger partial charge in [0.2, 0.25) is 0 Å². The molecule has 0 radical (unpaired) electrons. The summed E-state index contributed by atoms with van der Waals surface area (Å²) in [5, 5.41) is 0. The fourth-order valence-electron chi connectivity index (χ4n) is 7.59. The van der Waals surface area contributed by atoms with Crippen LogP contribution in [-0.4, -0.2) is 37.2 Å². The monoisotopic (exact) mass is 807 g/mol. The Hall–Kier alpha value is -1.59.